The standard InChI is InChI=1S/C7H15F3N2O/c1-11-3-4-12(2)5-6(13)7(8,9)10/h6,11,13H,3-5H2,1-2H3/t6-/m1/s1. The second-order valence-corrected chi connectivity index (χ2v) is 2.92. The second-order valence-electron chi connectivity index (χ2n) is 2.92. The Morgan fingerprint density at radius 2 is 2.00 bits per heavy atom. The molecule has 0 aromatic carbocycles. The molecule has 0 aliphatic heterocycles. The summed E-state index contributed by atoms with van der Waals surface area (Å²) in [5.74, 6) is 0. The average molecular weight is 200 g/mol. The molecule has 0 heterocycles. The van der Waals surface area contributed by atoms with Crippen molar-refractivity contribution in [3.8, 4) is 0 Å². The van der Waals surface area contributed by atoms with Crippen LogP contribution >= 0.6 is 0 Å². The Labute approximate surface area is 75.5 Å². The van der Waals surface area contributed by atoms with E-state index in [2.05, 4.69) is 5.32 Å². The Morgan fingerprint density at radius 1 is 1.46 bits per heavy atom. The zero-order chi connectivity index (χ0) is 10.5. The molecule has 13 heavy (non-hydrogen) atoms. The molecule has 6 heteroatoms. The van der Waals surface area contributed by atoms with Crippen molar-refractivity contribution in [2.75, 3.05) is 33.7 Å². The molecule has 0 radical (unpaired) electrons. The molecule has 0 amide bonds. The van der Waals surface area contributed by atoms with Gasteiger partial charge in [-0.2, -0.15) is 13.2 Å². The lowest BCUT2D eigenvalue weighted by atomic mass is 10.3. The zero-order valence-electron chi connectivity index (χ0n) is 7.73. The van der Waals surface area contributed by atoms with Crippen molar-refractivity contribution in [1.29, 1.82) is 0 Å². The monoisotopic (exact) mass is 200 g/mol. The molecule has 0 bridgehead atoms. The maximum absolute atomic E-state index is 11.8. The van der Waals surface area contributed by atoms with E-state index in [0.29, 0.717) is 13.1 Å². The SMILES string of the molecule is CNCCN(C)C[C@@H](O)C(F)(F)F. The number of likely N-dealkylation sites (N-methyl/N-ethyl adjacent to an activating group) is 2. The van der Waals surface area contributed by atoms with Gasteiger partial charge in [0.05, 0.1) is 0 Å². The maximum Gasteiger partial charge on any atom is 0.415 e. The third kappa shape index (κ3) is 5.84. The molecule has 0 aromatic heterocycles. The number of halogens is 3. The number of hydrogen-bond donors (Lipinski definition) is 2. The fourth-order valence-corrected chi connectivity index (χ4v) is 0.793. The van der Waals surface area contributed by atoms with E-state index in [1.165, 1.54) is 11.9 Å². The number of aliphatic hydroxyl groups is 1. The Balaban J connectivity index is 3.71. The van der Waals surface area contributed by atoms with Gasteiger partial charge in [0.25, 0.3) is 0 Å². The summed E-state index contributed by atoms with van der Waals surface area (Å²) in [7, 11) is 3.25. The van der Waals surface area contributed by atoms with Crippen LogP contribution in [0.1, 0.15) is 0 Å². The van der Waals surface area contributed by atoms with Crippen molar-refractivity contribution < 1.29 is 18.3 Å². The van der Waals surface area contributed by atoms with E-state index in [0.717, 1.165) is 0 Å². The molecule has 0 fully saturated rings. The van der Waals surface area contributed by atoms with Crippen LogP contribution in [0.5, 0.6) is 0 Å². The molecule has 0 unspecified atom stereocenters. The molecule has 0 saturated carbocycles. The van der Waals surface area contributed by atoms with Crippen molar-refractivity contribution in [1.82, 2.24) is 10.2 Å². The Bertz CT molecular complexity index is 140. The lowest BCUT2D eigenvalue weighted by Crippen LogP contribution is -2.41. The van der Waals surface area contributed by atoms with E-state index in [9.17, 15) is 13.2 Å². The van der Waals surface area contributed by atoms with E-state index < -0.39 is 12.3 Å². The number of aliphatic hydroxyl groups excluding tert-OH is 1. The molecule has 0 rings (SSSR count). The van der Waals surface area contributed by atoms with E-state index in [1.807, 2.05) is 0 Å². The molecular formula is C7H15F3N2O. The van der Waals surface area contributed by atoms with Gasteiger partial charge in [-0.3, -0.25) is 0 Å². The van der Waals surface area contributed by atoms with Crippen LogP contribution in [0.4, 0.5) is 13.2 Å². The van der Waals surface area contributed by atoms with Gasteiger partial charge in [-0.1, -0.05) is 0 Å². The third-order valence-electron chi connectivity index (χ3n) is 1.61. The Kier molecular flexibility index (Phi) is 5.27. The molecule has 1 atom stereocenters. The summed E-state index contributed by atoms with van der Waals surface area (Å²) in [6, 6.07) is 0. The predicted octanol–water partition coefficient (Wildman–Crippen LogP) is 0.0608. The topological polar surface area (TPSA) is 35.5 Å². The Morgan fingerprint density at radius 3 is 2.38 bits per heavy atom. The first-order chi connectivity index (χ1) is 5.88. The number of rotatable bonds is 5. The van der Waals surface area contributed by atoms with Gasteiger partial charge in [-0.25, -0.2) is 0 Å². The third-order valence-corrected chi connectivity index (χ3v) is 1.61. The maximum atomic E-state index is 11.8. The fraction of sp³-hybridized carbons (Fsp3) is 1.00. The van der Waals surface area contributed by atoms with E-state index in [1.54, 1.807) is 7.05 Å². The van der Waals surface area contributed by atoms with Crippen molar-refractivity contribution in [3.63, 3.8) is 0 Å². The summed E-state index contributed by atoms with van der Waals surface area (Å²) in [5.41, 5.74) is 0. The minimum absolute atomic E-state index is 0.384. The van der Waals surface area contributed by atoms with Gasteiger partial charge < -0.3 is 15.3 Å². The summed E-state index contributed by atoms with van der Waals surface area (Å²) < 4.78 is 35.5. The van der Waals surface area contributed by atoms with Crippen molar-refractivity contribution >= 4 is 0 Å². The lowest BCUT2D eigenvalue weighted by molar-refractivity contribution is -0.207. The normalized spacial score (nSPS) is 15.0. The van der Waals surface area contributed by atoms with Crippen LogP contribution in [0, 0.1) is 0 Å². The highest BCUT2D eigenvalue weighted by atomic mass is 19.4. The molecular weight excluding hydrogens is 185 g/mol. The molecule has 0 aromatic rings. The zero-order valence-corrected chi connectivity index (χ0v) is 7.73. The van der Waals surface area contributed by atoms with Gasteiger partial charge in [0.1, 0.15) is 0 Å². The van der Waals surface area contributed by atoms with Gasteiger partial charge in [0.15, 0.2) is 6.10 Å². The summed E-state index contributed by atoms with van der Waals surface area (Å²) in [6.07, 6.45) is -6.78. The minimum atomic E-state index is -4.52. The van der Waals surface area contributed by atoms with Crippen LogP contribution in [-0.4, -0.2) is 56.0 Å². The smallest absolute Gasteiger partial charge is 0.382 e. The van der Waals surface area contributed by atoms with Gasteiger partial charge in [0, 0.05) is 19.6 Å². The highest BCUT2D eigenvalue weighted by Crippen LogP contribution is 2.20. The molecule has 0 aliphatic carbocycles. The minimum Gasteiger partial charge on any atom is -0.382 e. The molecule has 2 N–H and O–H groups in total. The first kappa shape index (κ1) is 12.7. The van der Waals surface area contributed by atoms with Gasteiger partial charge >= 0.3 is 6.18 Å². The van der Waals surface area contributed by atoms with Crippen LogP contribution < -0.4 is 5.32 Å². The molecule has 3 nitrogen and oxygen atoms in total. The van der Waals surface area contributed by atoms with Gasteiger partial charge in [-0.05, 0) is 14.1 Å². The lowest BCUT2D eigenvalue weighted by Gasteiger charge is -2.21. The summed E-state index contributed by atoms with van der Waals surface area (Å²) in [5, 5.41) is 11.5. The second kappa shape index (κ2) is 5.41. The van der Waals surface area contributed by atoms with E-state index in [4.69, 9.17) is 5.11 Å². The van der Waals surface area contributed by atoms with Crippen LogP contribution in [0.2, 0.25) is 0 Å². The molecule has 0 saturated heterocycles. The van der Waals surface area contributed by atoms with Crippen LogP contribution in [0.15, 0.2) is 0 Å². The van der Waals surface area contributed by atoms with Crippen LogP contribution in [0.25, 0.3) is 0 Å². The molecule has 0 spiro atoms. The molecule has 80 valence electrons. The number of nitrogens with one attached hydrogen (secondary N) is 1. The van der Waals surface area contributed by atoms with Crippen molar-refractivity contribution in [2.45, 2.75) is 12.3 Å². The fourth-order valence-electron chi connectivity index (χ4n) is 0.793. The number of nitrogens with zero attached hydrogens (tertiary/aromatic N) is 1. The van der Waals surface area contributed by atoms with Crippen LogP contribution in [-0.2, 0) is 0 Å². The highest BCUT2D eigenvalue weighted by Gasteiger charge is 2.38. The predicted molar refractivity (Wildman–Crippen MR) is 43.5 cm³/mol. The van der Waals surface area contributed by atoms with E-state index >= 15 is 0 Å². The summed E-state index contributed by atoms with van der Waals surface area (Å²) >= 11 is 0. The van der Waals surface area contributed by atoms with Crippen LogP contribution in [0.3, 0.4) is 0 Å². The van der Waals surface area contributed by atoms with Crippen molar-refractivity contribution in [2.24, 2.45) is 0 Å². The van der Waals surface area contributed by atoms with Gasteiger partial charge in [-0.15, -0.1) is 0 Å². The number of alkyl halides is 3. The Hall–Kier alpha value is -0.330. The van der Waals surface area contributed by atoms with E-state index in [-0.39, 0.29) is 6.54 Å². The quantitative estimate of drug-likeness (QED) is 0.658. The first-order valence-electron chi connectivity index (χ1n) is 3.96. The summed E-state index contributed by atoms with van der Waals surface area (Å²) in [6.45, 7) is 0.690. The summed E-state index contributed by atoms with van der Waals surface area (Å²) in [4.78, 5) is 1.43. The molecule has 0 aliphatic rings. The highest BCUT2D eigenvalue weighted by molar-refractivity contribution is 4.69. The van der Waals surface area contributed by atoms with Crippen molar-refractivity contribution in [3.05, 3.63) is 0 Å². The first-order valence-corrected chi connectivity index (χ1v) is 3.96. The number of hydrogen-bond acceptors (Lipinski definition) is 3. The largest absolute Gasteiger partial charge is 0.415 e. The average Bonchev–Trinajstić information content (AvgIpc) is 1.99. The van der Waals surface area contributed by atoms with Gasteiger partial charge in [0.2, 0.25) is 0 Å².